The second-order valence-corrected chi connectivity index (χ2v) is 9.90. The van der Waals surface area contributed by atoms with Crippen molar-refractivity contribution in [2.75, 3.05) is 59.2 Å². The molecule has 2 amide bonds. The number of nitrogens with one attached hydrogen (secondary N) is 1. The summed E-state index contributed by atoms with van der Waals surface area (Å²) in [5.74, 6) is 1.60. The molecule has 0 bridgehead atoms. The van der Waals surface area contributed by atoms with Crippen LogP contribution in [0.1, 0.15) is 30.9 Å². The first-order valence-corrected chi connectivity index (χ1v) is 12.2. The lowest BCUT2D eigenvalue weighted by atomic mass is 10.0. The summed E-state index contributed by atoms with van der Waals surface area (Å²) in [6, 6.07) is 10.3. The van der Waals surface area contributed by atoms with Gasteiger partial charge in [-0.05, 0) is 36.7 Å². The molecule has 4 heterocycles. The summed E-state index contributed by atoms with van der Waals surface area (Å²) in [6.07, 6.45) is 2.58. The van der Waals surface area contributed by atoms with E-state index in [4.69, 9.17) is 9.47 Å². The summed E-state index contributed by atoms with van der Waals surface area (Å²) in [5, 5.41) is 3.29. The van der Waals surface area contributed by atoms with Gasteiger partial charge in [-0.2, -0.15) is 0 Å². The molecule has 5 atom stereocenters. The van der Waals surface area contributed by atoms with E-state index in [-0.39, 0.29) is 23.8 Å². The van der Waals surface area contributed by atoms with E-state index < -0.39 is 0 Å². The number of hydrogen-bond donors (Lipinski definition) is 1. The number of fused-ring (bicyclic) bond motifs is 1. The fourth-order valence-corrected chi connectivity index (χ4v) is 5.79. The van der Waals surface area contributed by atoms with Gasteiger partial charge in [0.1, 0.15) is 0 Å². The van der Waals surface area contributed by atoms with Crippen LogP contribution in [0.15, 0.2) is 30.3 Å². The van der Waals surface area contributed by atoms with Crippen LogP contribution in [0.3, 0.4) is 0 Å². The van der Waals surface area contributed by atoms with Gasteiger partial charge in [0, 0.05) is 45.9 Å². The van der Waals surface area contributed by atoms with E-state index in [9.17, 15) is 9.59 Å². The maximum absolute atomic E-state index is 12.7. The Kier molecular flexibility index (Phi) is 6.76. The van der Waals surface area contributed by atoms with E-state index >= 15 is 0 Å². The number of carbonyl (C=O) groups excluding carboxylic acids is 2. The van der Waals surface area contributed by atoms with Crippen LogP contribution >= 0.6 is 0 Å². The van der Waals surface area contributed by atoms with Crippen LogP contribution in [0, 0.1) is 23.7 Å². The van der Waals surface area contributed by atoms with E-state index in [1.54, 1.807) is 0 Å². The fourth-order valence-electron chi connectivity index (χ4n) is 5.79. The Bertz CT molecular complexity index is 778. The lowest BCUT2D eigenvalue weighted by Gasteiger charge is -2.26. The number of carbonyl (C=O) groups is 2. The van der Waals surface area contributed by atoms with Gasteiger partial charge in [-0.3, -0.25) is 9.59 Å². The molecule has 4 aliphatic heterocycles. The van der Waals surface area contributed by atoms with Crippen molar-refractivity contribution in [2.45, 2.75) is 25.3 Å². The topological polar surface area (TPSA) is 71.1 Å². The minimum atomic E-state index is -0.0267. The zero-order chi connectivity index (χ0) is 21.9. The predicted octanol–water partition coefficient (Wildman–Crippen LogP) is 1.70. The van der Waals surface area contributed by atoms with Crippen molar-refractivity contribution >= 4 is 11.8 Å². The van der Waals surface area contributed by atoms with Crippen molar-refractivity contribution in [3.05, 3.63) is 35.9 Å². The van der Waals surface area contributed by atoms with E-state index in [0.717, 1.165) is 64.2 Å². The van der Waals surface area contributed by atoms with Crippen LogP contribution in [0.2, 0.25) is 0 Å². The smallest absolute Gasteiger partial charge is 0.228 e. The van der Waals surface area contributed by atoms with E-state index in [1.165, 1.54) is 0 Å². The maximum atomic E-state index is 12.7. The van der Waals surface area contributed by atoms with Crippen molar-refractivity contribution in [3.8, 4) is 0 Å². The number of likely N-dealkylation sites (tertiary alicyclic amines) is 2. The van der Waals surface area contributed by atoms with Gasteiger partial charge in [-0.25, -0.2) is 0 Å². The van der Waals surface area contributed by atoms with Crippen molar-refractivity contribution in [3.63, 3.8) is 0 Å². The molecule has 5 rings (SSSR count). The van der Waals surface area contributed by atoms with Gasteiger partial charge in [0.2, 0.25) is 11.8 Å². The Balaban J connectivity index is 1.14. The highest BCUT2D eigenvalue weighted by atomic mass is 16.5. The van der Waals surface area contributed by atoms with Crippen LogP contribution in [-0.4, -0.2) is 80.8 Å². The van der Waals surface area contributed by atoms with Crippen LogP contribution in [0.25, 0.3) is 0 Å². The molecule has 1 aromatic rings. The highest BCUT2D eigenvalue weighted by Crippen LogP contribution is 2.33. The molecule has 0 spiro atoms. The summed E-state index contributed by atoms with van der Waals surface area (Å²) in [6.45, 7) is 7.34. The molecule has 1 aromatic carbocycles. The lowest BCUT2D eigenvalue weighted by molar-refractivity contribution is -0.134. The van der Waals surface area contributed by atoms with E-state index in [2.05, 4.69) is 27.2 Å². The zero-order valence-corrected chi connectivity index (χ0v) is 18.8. The Morgan fingerprint density at radius 2 is 1.59 bits per heavy atom. The van der Waals surface area contributed by atoms with Crippen LogP contribution in [0.4, 0.5) is 0 Å². The van der Waals surface area contributed by atoms with Gasteiger partial charge in [0.25, 0.3) is 0 Å². The Morgan fingerprint density at radius 3 is 2.22 bits per heavy atom. The third-order valence-corrected chi connectivity index (χ3v) is 7.71. The fraction of sp³-hybridized carbons (Fsp3) is 0.680. The second-order valence-electron chi connectivity index (χ2n) is 9.90. The molecule has 174 valence electrons. The van der Waals surface area contributed by atoms with Crippen LogP contribution < -0.4 is 5.32 Å². The van der Waals surface area contributed by atoms with Gasteiger partial charge in [-0.15, -0.1) is 0 Å². The maximum Gasteiger partial charge on any atom is 0.228 e. The standard InChI is InChI=1S/C25H35N3O4/c29-24(19-7-10-31-16-19)26-23(18-4-2-1-3-5-18)6-9-27-12-21-14-28(15-22(21)13-27)25(30)20-8-11-32-17-20/h1-5,19-23H,6-17H2,(H,26,29)/t19?,20?,21?,22?,23-/m0/s1. The number of amides is 2. The van der Waals surface area contributed by atoms with Gasteiger partial charge < -0.3 is 24.6 Å². The first-order valence-electron chi connectivity index (χ1n) is 12.2. The van der Waals surface area contributed by atoms with E-state index in [0.29, 0.717) is 37.6 Å². The van der Waals surface area contributed by atoms with Crippen LogP contribution in [-0.2, 0) is 19.1 Å². The Labute approximate surface area is 190 Å². The summed E-state index contributed by atoms with van der Waals surface area (Å²) in [7, 11) is 0. The number of ether oxygens (including phenoxy) is 2. The van der Waals surface area contributed by atoms with Gasteiger partial charge in [-0.1, -0.05) is 30.3 Å². The molecule has 0 aliphatic carbocycles. The molecule has 32 heavy (non-hydrogen) atoms. The lowest BCUT2D eigenvalue weighted by Crippen LogP contribution is -2.38. The number of nitrogens with zero attached hydrogens (tertiary/aromatic N) is 2. The monoisotopic (exact) mass is 441 g/mol. The average Bonchev–Trinajstić information content (AvgIpc) is 3.60. The number of hydrogen-bond acceptors (Lipinski definition) is 5. The number of rotatable bonds is 7. The van der Waals surface area contributed by atoms with Gasteiger partial charge >= 0.3 is 0 Å². The molecule has 4 unspecified atom stereocenters. The summed E-state index contributed by atoms with van der Waals surface area (Å²) < 4.78 is 10.8. The van der Waals surface area contributed by atoms with Crippen molar-refractivity contribution < 1.29 is 19.1 Å². The Hall–Kier alpha value is -1.96. The third-order valence-electron chi connectivity index (χ3n) is 7.71. The highest BCUT2D eigenvalue weighted by molar-refractivity contribution is 5.80. The van der Waals surface area contributed by atoms with Crippen molar-refractivity contribution in [2.24, 2.45) is 23.7 Å². The molecule has 4 fully saturated rings. The molecule has 4 aliphatic rings. The zero-order valence-electron chi connectivity index (χ0n) is 18.8. The molecular weight excluding hydrogens is 406 g/mol. The largest absolute Gasteiger partial charge is 0.381 e. The quantitative estimate of drug-likeness (QED) is 0.697. The van der Waals surface area contributed by atoms with Crippen LogP contribution in [0.5, 0.6) is 0 Å². The van der Waals surface area contributed by atoms with Gasteiger partial charge in [0.05, 0.1) is 31.1 Å². The first-order chi connectivity index (χ1) is 15.7. The third kappa shape index (κ3) is 4.85. The molecule has 7 heteroatoms. The summed E-state index contributed by atoms with van der Waals surface area (Å²) >= 11 is 0. The molecule has 0 aromatic heterocycles. The molecule has 7 nitrogen and oxygen atoms in total. The first kappa shape index (κ1) is 21.9. The molecule has 4 saturated heterocycles. The summed E-state index contributed by atoms with van der Waals surface area (Å²) in [4.78, 5) is 30.1. The minimum Gasteiger partial charge on any atom is -0.381 e. The molecule has 1 N–H and O–H groups in total. The second kappa shape index (κ2) is 9.89. The Morgan fingerprint density at radius 1 is 0.938 bits per heavy atom. The molecule has 0 radical (unpaired) electrons. The van der Waals surface area contributed by atoms with Gasteiger partial charge in [0.15, 0.2) is 0 Å². The minimum absolute atomic E-state index is 0.0187. The molecular formula is C25H35N3O4. The predicted molar refractivity (Wildman–Crippen MR) is 120 cm³/mol. The summed E-state index contributed by atoms with van der Waals surface area (Å²) in [5.41, 5.74) is 1.16. The number of benzene rings is 1. The van der Waals surface area contributed by atoms with E-state index in [1.807, 2.05) is 18.2 Å². The molecule has 0 saturated carbocycles. The van der Waals surface area contributed by atoms with Crippen molar-refractivity contribution in [1.29, 1.82) is 0 Å². The highest BCUT2D eigenvalue weighted by Gasteiger charge is 2.43. The normalized spacial score (nSPS) is 31.1. The SMILES string of the molecule is O=C(N[C@@H](CCN1CC2CN(C(=O)C3CCOC3)CC2C1)c1ccccc1)C1CCOC1. The average molecular weight is 442 g/mol. The van der Waals surface area contributed by atoms with Crippen molar-refractivity contribution in [1.82, 2.24) is 15.1 Å².